The van der Waals surface area contributed by atoms with Gasteiger partial charge in [-0.1, -0.05) is 12.8 Å². The monoisotopic (exact) mass is 205 g/mol. The van der Waals surface area contributed by atoms with E-state index in [-0.39, 0.29) is 24.4 Å². The van der Waals surface area contributed by atoms with Crippen LogP contribution in [0.2, 0.25) is 0 Å². The molecule has 0 saturated carbocycles. The molecule has 1 aliphatic heterocycles. The Morgan fingerprint density at radius 2 is 2.23 bits per heavy atom. The highest BCUT2D eigenvalue weighted by molar-refractivity contribution is 6.27. The van der Waals surface area contributed by atoms with Crippen molar-refractivity contribution in [3.8, 4) is 0 Å². The molecule has 0 aliphatic carbocycles. The van der Waals surface area contributed by atoms with Crippen molar-refractivity contribution in [3.63, 3.8) is 0 Å². The molecule has 1 aliphatic rings. The Labute approximate surface area is 83.7 Å². The molecule has 1 amide bonds. The molecular formula is C9H16ClNO2. The Kier molecular flexibility index (Phi) is 4.53. The lowest BCUT2D eigenvalue weighted by Crippen LogP contribution is -2.42. The minimum atomic E-state index is -0.0531. The van der Waals surface area contributed by atoms with E-state index in [9.17, 15) is 4.79 Å². The minimum Gasteiger partial charge on any atom is -0.394 e. The Bertz CT molecular complexity index is 175. The molecule has 1 rings (SSSR count). The number of halogens is 1. The summed E-state index contributed by atoms with van der Waals surface area (Å²) in [5, 5.41) is 9.09. The average Bonchev–Trinajstić information content (AvgIpc) is 2.41. The fraction of sp³-hybridized carbons (Fsp3) is 0.889. The smallest absolute Gasteiger partial charge is 0.237 e. The number of rotatable bonds is 2. The molecule has 0 aromatic carbocycles. The van der Waals surface area contributed by atoms with E-state index < -0.39 is 0 Å². The lowest BCUT2D eigenvalue weighted by atomic mass is 10.1. The van der Waals surface area contributed by atoms with Gasteiger partial charge in [0.25, 0.3) is 0 Å². The number of hydrogen-bond donors (Lipinski definition) is 1. The Morgan fingerprint density at radius 1 is 1.46 bits per heavy atom. The normalized spacial score (nSPS) is 24.2. The average molecular weight is 206 g/mol. The van der Waals surface area contributed by atoms with E-state index >= 15 is 0 Å². The maximum absolute atomic E-state index is 11.4. The van der Waals surface area contributed by atoms with Gasteiger partial charge in [-0.15, -0.1) is 11.6 Å². The van der Waals surface area contributed by atoms with E-state index in [1.54, 1.807) is 4.90 Å². The van der Waals surface area contributed by atoms with Gasteiger partial charge in [-0.2, -0.15) is 0 Å². The molecular weight excluding hydrogens is 190 g/mol. The van der Waals surface area contributed by atoms with E-state index in [2.05, 4.69) is 0 Å². The third kappa shape index (κ3) is 2.85. The van der Waals surface area contributed by atoms with Crippen molar-refractivity contribution >= 4 is 17.5 Å². The zero-order valence-corrected chi connectivity index (χ0v) is 8.46. The quantitative estimate of drug-likeness (QED) is 0.683. The molecule has 0 aromatic heterocycles. The van der Waals surface area contributed by atoms with Crippen LogP contribution in [0, 0.1) is 0 Å². The van der Waals surface area contributed by atoms with Crippen LogP contribution in [0.3, 0.4) is 0 Å². The van der Waals surface area contributed by atoms with Crippen LogP contribution >= 0.6 is 11.6 Å². The van der Waals surface area contributed by atoms with Crippen molar-refractivity contribution in [3.05, 3.63) is 0 Å². The third-order valence-corrected chi connectivity index (χ3v) is 2.75. The van der Waals surface area contributed by atoms with E-state index in [4.69, 9.17) is 16.7 Å². The van der Waals surface area contributed by atoms with Crippen LogP contribution in [0.15, 0.2) is 0 Å². The van der Waals surface area contributed by atoms with E-state index in [1.165, 1.54) is 0 Å². The molecule has 4 heteroatoms. The van der Waals surface area contributed by atoms with Gasteiger partial charge in [0.05, 0.1) is 12.6 Å². The fourth-order valence-electron chi connectivity index (χ4n) is 1.77. The van der Waals surface area contributed by atoms with Gasteiger partial charge in [-0.25, -0.2) is 0 Å². The van der Waals surface area contributed by atoms with Gasteiger partial charge in [-0.3, -0.25) is 4.79 Å². The Hall–Kier alpha value is -0.280. The summed E-state index contributed by atoms with van der Waals surface area (Å²) in [6, 6.07) is -0.00579. The maximum atomic E-state index is 11.4. The van der Waals surface area contributed by atoms with Crippen LogP contribution in [-0.4, -0.2) is 41.0 Å². The Balaban J connectivity index is 2.58. The highest BCUT2D eigenvalue weighted by Crippen LogP contribution is 2.16. The Morgan fingerprint density at radius 3 is 2.85 bits per heavy atom. The number of hydrogen-bond acceptors (Lipinski definition) is 2. The fourth-order valence-corrected chi connectivity index (χ4v) is 1.93. The number of amides is 1. The summed E-state index contributed by atoms with van der Waals surface area (Å²) in [6.07, 6.45) is 4.16. The van der Waals surface area contributed by atoms with E-state index in [0.29, 0.717) is 0 Å². The van der Waals surface area contributed by atoms with Gasteiger partial charge in [-0.05, 0) is 12.8 Å². The van der Waals surface area contributed by atoms with Crippen LogP contribution in [-0.2, 0) is 4.79 Å². The summed E-state index contributed by atoms with van der Waals surface area (Å²) in [5.41, 5.74) is 0. The summed E-state index contributed by atoms with van der Waals surface area (Å²) in [5.74, 6) is -0.0288. The van der Waals surface area contributed by atoms with Crippen molar-refractivity contribution < 1.29 is 9.90 Å². The van der Waals surface area contributed by atoms with Gasteiger partial charge in [0.1, 0.15) is 5.88 Å². The molecule has 1 heterocycles. The van der Waals surface area contributed by atoms with Crippen molar-refractivity contribution in [2.75, 3.05) is 19.0 Å². The van der Waals surface area contributed by atoms with Gasteiger partial charge < -0.3 is 10.0 Å². The molecule has 0 spiro atoms. The van der Waals surface area contributed by atoms with Crippen molar-refractivity contribution in [2.24, 2.45) is 0 Å². The standard InChI is InChI=1S/C9H16ClNO2/c10-6-9(13)11-5-3-1-2-4-8(11)7-12/h8,12H,1-7H2. The van der Waals surface area contributed by atoms with Crippen LogP contribution in [0.4, 0.5) is 0 Å². The maximum Gasteiger partial charge on any atom is 0.237 e. The molecule has 13 heavy (non-hydrogen) atoms. The van der Waals surface area contributed by atoms with Crippen LogP contribution in [0.25, 0.3) is 0 Å². The summed E-state index contributed by atoms with van der Waals surface area (Å²) in [6.45, 7) is 0.805. The second-order valence-corrected chi connectivity index (χ2v) is 3.67. The first-order valence-corrected chi connectivity index (χ1v) is 5.29. The first-order valence-electron chi connectivity index (χ1n) is 4.76. The number of aliphatic hydroxyl groups excluding tert-OH is 1. The predicted octanol–water partition coefficient (Wildman–Crippen LogP) is 0.989. The zero-order valence-electron chi connectivity index (χ0n) is 7.71. The van der Waals surface area contributed by atoms with E-state index in [1.807, 2.05) is 0 Å². The number of aliphatic hydroxyl groups is 1. The van der Waals surface area contributed by atoms with Gasteiger partial charge >= 0.3 is 0 Å². The summed E-state index contributed by atoms with van der Waals surface area (Å²) < 4.78 is 0. The van der Waals surface area contributed by atoms with E-state index in [0.717, 1.165) is 32.2 Å². The lowest BCUT2D eigenvalue weighted by Gasteiger charge is -2.27. The number of likely N-dealkylation sites (tertiary alicyclic amines) is 1. The molecule has 1 unspecified atom stereocenters. The molecule has 1 atom stereocenters. The van der Waals surface area contributed by atoms with Crippen molar-refractivity contribution in [2.45, 2.75) is 31.7 Å². The number of alkyl halides is 1. The molecule has 1 fully saturated rings. The van der Waals surface area contributed by atoms with Gasteiger partial charge in [0.2, 0.25) is 5.91 Å². The molecule has 0 bridgehead atoms. The van der Waals surface area contributed by atoms with Gasteiger partial charge in [0, 0.05) is 6.54 Å². The largest absolute Gasteiger partial charge is 0.394 e. The second kappa shape index (κ2) is 5.45. The number of carbonyl (C=O) groups excluding carboxylic acids is 1. The molecule has 76 valence electrons. The highest BCUT2D eigenvalue weighted by atomic mass is 35.5. The van der Waals surface area contributed by atoms with Crippen molar-refractivity contribution in [1.29, 1.82) is 0 Å². The molecule has 1 N–H and O–H groups in total. The SMILES string of the molecule is O=C(CCl)N1CCCCCC1CO. The molecule has 0 radical (unpaired) electrons. The third-order valence-electron chi connectivity index (χ3n) is 2.52. The summed E-state index contributed by atoms with van der Waals surface area (Å²) >= 11 is 5.49. The summed E-state index contributed by atoms with van der Waals surface area (Å²) in [4.78, 5) is 13.1. The first kappa shape index (κ1) is 10.8. The van der Waals surface area contributed by atoms with Gasteiger partial charge in [0.15, 0.2) is 0 Å². The summed E-state index contributed by atoms with van der Waals surface area (Å²) in [7, 11) is 0. The number of nitrogens with zero attached hydrogens (tertiary/aromatic N) is 1. The number of carbonyl (C=O) groups is 1. The lowest BCUT2D eigenvalue weighted by molar-refractivity contribution is -0.131. The molecule has 1 saturated heterocycles. The minimum absolute atomic E-state index is 0.00579. The van der Waals surface area contributed by atoms with Crippen LogP contribution in [0.1, 0.15) is 25.7 Å². The van der Waals surface area contributed by atoms with Crippen LogP contribution in [0.5, 0.6) is 0 Å². The first-order chi connectivity index (χ1) is 6.29. The predicted molar refractivity (Wildman–Crippen MR) is 51.8 cm³/mol. The molecule has 0 aromatic rings. The van der Waals surface area contributed by atoms with Crippen molar-refractivity contribution in [1.82, 2.24) is 4.90 Å². The highest BCUT2D eigenvalue weighted by Gasteiger charge is 2.23. The topological polar surface area (TPSA) is 40.5 Å². The molecule has 3 nitrogen and oxygen atoms in total. The van der Waals surface area contributed by atoms with Crippen LogP contribution < -0.4 is 0 Å². The zero-order chi connectivity index (χ0) is 9.68. The second-order valence-electron chi connectivity index (χ2n) is 3.41.